The summed E-state index contributed by atoms with van der Waals surface area (Å²) in [6.45, 7) is 7.64. The van der Waals surface area contributed by atoms with E-state index in [-0.39, 0.29) is 0 Å². The highest BCUT2D eigenvalue weighted by Crippen LogP contribution is 2.12. The van der Waals surface area contributed by atoms with Crippen molar-refractivity contribution in [1.82, 2.24) is 10.2 Å². The lowest BCUT2D eigenvalue weighted by Gasteiger charge is -2.23. The van der Waals surface area contributed by atoms with Gasteiger partial charge in [0.1, 0.15) is 0 Å². The molecule has 3 unspecified atom stereocenters. The van der Waals surface area contributed by atoms with Crippen molar-refractivity contribution in [2.75, 3.05) is 31.6 Å². The zero-order valence-electron chi connectivity index (χ0n) is 9.45. The van der Waals surface area contributed by atoms with E-state index in [2.05, 4.69) is 24.1 Å². The third-order valence-electron chi connectivity index (χ3n) is 2.81. The Bertz CT molecular complexity index is 199. The quantitative estimate of drug-likeness (QED) is 0.726. The van der Waals surface area contributed by atoms with Crippen LogP contribution in [0.5, 0.6) is 0 Å². The molecule has 1 heterocycles. The fourth-order valence-corrected chi connectivity index (χ4v) is 2.98. The van der Waals surface area contributed by atoms with Gasteiger partial charge in [0.25, 0.3) is 0 Å². The molecule has 0 aromatic rings. The number of rotatable bonds is 5. The van der Waals surface area contributed by atoms with E-state index < -0.39 is 10.8 Å². The highest BCUT2D eigenvalue weighted by Gasteiger charge is 2.25. The summed E-state index contributed by atoms with van der Waals surface area (Å²) in [5.74, 6) is 0.804. The van der Waals surface area contributed by atoms with Gasteiger partial charge in [-0.05, 0) is 19.9 Å². The van der Waals surface area contributed by atoms with Crippen molar-refractivity contribution in [1.29, 1.82) is 0 Å². The van der Waals surface area contributed by atoms with Gasteiger partial charge >= 0.3 is 0 Å². The Morgan fingerprint density at radius 1 is 1.64 bits per heavy atom. The van der Waals surface area contributed by atoms with E-state index in [1.165, 1.54) is 6.42 Å². The molecular weight excluding hydrogens is 196 g/mol. The molecular formula is C10H22N2OS. The van der Waals surface area contributed by atoms with Crippen LogP contribution in [0.3, 0.4) is 0 Å². The van der Waals surface area contributed by atoms with Gasteiger partial charge in [0.15, 0.2) is 0 Å². The lowest BCUT2D eigenvalue weighted by molar-refractivity contribution is 0.271. The van der Waals surface area contributed by atoms with Crippen LogP contribution in [0, 0.1) is 0 Å². The van der Waals surface area contributed by atoms with Crippen molar-refractivity contribution in [3.63, 3.8) is 0 Å². The zero-order valence-corrected chi connectivity index (χ0v) is 10.3. The van der Waals surface area contributed by atoms with Crippen molar-refractivity contribution in [3.8, 4) is 0 Å². The predicted octanol–water partition coefficient (Wildman–Crippen LogP) is 0.437. The van der Waals surface area contributed by atoms with E-state index in [9.17, 15) is 4.21 Å². The van der Waals surface area contributed by atoms with Crippen LogP contribution in [-0.4, -0.2) is 52.8 Å². The highest BCUT2D eigenvalue weighted by atomic mass is 32.2. The first kappa shape index (κ1) is 12.1. The predicted molar refractivity (Wildman–Crippen MR) is 62.1 cm³/mol. The van der Waals surface area contributed by atoms with Gasteiger partial charge in [0.05, 0.1) is 0 Å². The maximum atomic E-state index is 11.1. The van der Waals surface area contributed by atoms with Gasteiger partial charge in [-0.15, -0.1) is 0 Å². The summed E-state index contributed by atoms with van der Waals surface area (Å²) < 4.78 is 11.1. The van der Waals surface area contributed by atoms with E-state index in [1.807, 2.05) is 0 Å². The molecule has 14 heavy (non-hydrogen) atoms. The molecule has 84 valence electrons. The SMILES string of the molecule is CCNC1CCN(C(C)CS(C)=O)C1. The molecule has 1 N–H and O–H groups in total. The molecule has 1 saturated heterocycles. The molecule has 0 bridgehead atoms. The van der Waals surface area contributed by atoms with Crippen LogP contribution in [-0.2, 0) is 10.8 Å². The average Bonchev–Trinajstić information content (AvgIpc) is 2.52. The zero-order chi connectivity index (χ0) is 10.6. The molecule has 0 aromatic carbocycles. The molecule has 0 spiro atoms. The molecule has 1 aliphatic rings. The smallest absolute Gasteiger partial charge is 0.0385 e. The second-order valence-electron chi connectivity index (χ2n) is 4.13. The number of nitrogens with zero attached hydrogens (tertiary/aromatic N) is 1. The lowest BCUT2D eigenvalue weighted by atomic mass is 10.3. The standard InChI is InChI=1S/C10H22N2OS/c1-4-11-10-5-6-12(7-10)9(2)8-14(3)13/h9-11H,4-8H2,1-3H3. The summed E-state index contributed by atoms with van der Waals surface area (Å²) in [7, 11) is -0.669. The molecule has 1 fully saturated rings. The second kappa shape index (κ2) is 5.83. The molecule has 0 radical (unpaired) electrons. The molecule has 3 atom stereocenters. The Balaban J connectivity index is 2.30. The maximum Gasteiger partial charge on any atom is 0.0385 e. The summed E-state index contributed by atoms with van der Waals surface area (Å²) in [5, 5.41) is 3.47. The normalized spacial score (nSPS) is 27.8. The van der Waals surface area contributed by atoms with Gasteiger partial charge in [0.2, 0.25) is 0 Å². The summed E-state index contributed by atoms with van der Waals surface area (Å²) in [5.41, 5.74) is 0. The number of hydrogen-bond donors (Lipinski definition) is 1. The monoisotopic (exact) mass is 218 g/mol. The van der Waals surface area contributed by atoms with E-state index in [1.54, 1.807) is 6.26 Å². The summed E-state index contributed by atoms with van der Waals surface area (Å²) >= 11 is 0. The van der Waals surface area contributed by atoms with Gasteiger partial charge in [-0.2, -0.15) is 0 Å². The minimum absolute atomic E-state index is 0.462. The third kappa shape index (κ3) is 3.67. The lowest BCUT2D eigenvalue weighted by Crippen LogP contribution is -2.38. The molecule has 0 amide bonds. The summed E-state index contributed by atoms with van der Waals surface area (Å²) in [6, 6.07) is 1.11. The molecule has 0 aromatic heterocycles. The van der Waals surface area contributed by atoms with Gasteiger partial charge < -0.3 is 5.32 Å². The van der Waals surface area contributed by atoms with Gasteiger partial charge in [0, 0.05) is 48.0 Å². The second-order valence-corrected chi connectivity index (χ2v) is 5.61. The molecule has 0 saturated carbocycles. The van der Waals surface area contributed by atoms with Crippen LogP contribution in [0.2, 0.25) is 0 Å². The van der Waals surface area contributed by atoms with E-state index in [0.29, 0.717) is 12.1 Å². The van der Waals surface area contributed by atoms with Gasteiger partial charge in [-0.25, -0.2) is 0 Å². The largest absolute Gasteiger partial charge is 0.313 e. The number of likely N-dealkylation sites (N-methyl/N-ethyl adjacent to an activating group) is 1. The van der Waals surface area contributed by atoms with Crippen LogP contribution in [0.1, 0.15) is 20.3 Å². The molecule has 0 aliphatic carbocycles. The van der Waals surface area contributed by atoms with Crippen molar-refractivity contribution in [2.24, 2.45) is 0 Å². The Labute approximate surface area is 89.7 Å². The van der Waals surface area contributed by atoms with Gasteiger partial charge in [-0.1, -0.05) is 6.92 Å². The Morgan fingerprint density at radius 3 is 2.93 bits per heavy atom. The number of likely N-dealkylation sites (tertiary alicyclic amines) is 1. The van der Waals surface area contributed by atoms with E-state index in [0.717, 1.165) is 25.4 Å². The Hall–Kier alpha value is 0.0700. The third-order valence-corrected chi connectivity index (χ3v) is 3.76. The maximum absolute atomic E-state index is 11.1. The number of nitrogens with one attached hydrogen (secondary N) is 1. The first-order chi connectivity index (χ1) is 6.63. The summed E-state index contributed by atoms with van der Waals surface area (Å²) in [4.78, 5) is 2.44. The Kier molecular flexibility index (Phi) is 5.06. The van der Waals surface area contributed by atoms with Crippen molar-refractivity contribution >= 4 is 10.8 Å². The fraction of sp³-hybridized carbons (Fsp3) is 1.00. The van der Waals surface area contributed by atoms with Gasteiger partial charge in [-0.3, -0.25) is 9.11 Å². The molecule has 1 aliphatic heterocycles. The van der Waals surface area contributed by atoms with Crippen LogP contribution in [0.15, 0.2) is 0 Å². The van der Waals surface area contributed by atoms with Crippen LogP contribution in [0.25, 0.3) is 0 Å². The summed E-state index contributed by atoms with van der Waals surface area (Å²) in [6.07, 6.45) is 3.02. The van der Waals surface area contributed by atoms with Crippen molar-refractivity contribution in [2.45, 2.75) is 32.4 Å². The van der Waals surface area contributed by atoms with Crippen molar-refractivity contribution < 1.29 is 4.21 Å². The first-order valence-electron chi connectivity index (χ1n) is 5.41. The van der Waals surface area contributed by atoms with Crippen LogP contribution >= 0.6 is 0 Å². The molecule has 3 nitrogen and oxygen atoms in total. The minimum Gasteiger partial charge on any atom is -0.313 e. The minimum atomic E-state index is -0.669. The molecule has 1 rings (SSSR count). The first-order valence-corrected chi connectivity index (χ1v) is 7.13. The molecule has 4 heteroatoms. The van der Waals surface area contributed by atoms with E-state index in [4.69, 9.17) is 0 Å². The Morgan fingerprint density at radius 2 is 2.36 bits per heavy atom. The van der Waals surface area contributed by atoms with Crippen molar-refractivity contribution in [3.05, 3.63) is 0 Å². The fourth-order valence-electron chi connectivity index (χ4n) is 2.09. The number of hydrogen-bond acceptors (Lipinski definition) is 3. The highest BCUT2D eigenvalue weighted by molar-refractivity contribution is 7.84. The topological polar surface area (TPSA) is 32.3 Å². The van der Waals surface area contributed by atoms with E-state index >= 15 is 0 Å². The van der Waals surface area contributed by atoms with Crippen LogP contribution < -0.4 is 5.32 Å². The van der Waals surface area contributed by atoms with Crippen LogP contribution in [0.4, 0.5) is 0 Å². The average molecular weight is 218 g/mol.